The van der Waals surface area contributed by atoms with E-state index >= 15 is 0 Å². The molecule has 0 spiro atoms. The number of benzene rings is 2. The number of ether oxygens (including phenoxy) is 1. The minimum absolute atomic E-state index is 0.393. The van der Waals surface area contributed by atoms with Crippen molar-refractivity contribution in [3.63, 3.8) is 0 Å². The zero-order chi connectivity index (χ0) is 16.8. The number of carbonyl (C=O) groups excluding carboxylic acids is 1. The number of hydrogen-bond donors (Lipinski definition) is 3. The average molecular weight is 322 g/mol. The molecule has 120 valence electrons. The molecule has 4 aromatic rings. The van der Waals surface area contributed by atoms with Crippen LogP contribution < -0.4 is 21.6 Å². The number of hydrogen-bond acceptors (Lipinski definition) is 4. The van der Waals surface area contributed by atoms with Crippen LogP contribution in [0.2, 0.25) is 0 Å². The van der Waals surface area contributed by atoms with Crippen molar-refractivity contribution in [2.45, 2.75) is 0 Å². The number of fused-ring (bicyclic) bond motifs is 5. The summed E-state index contributed by atoms with van der Waals surface area (Å²) in [6.07, 6.45) is 0. The quantitative estimate of drug-likeness (QED) is 0.284. The van der Waals surface area contributed by atoms with Crippen LogP contribution in [0.5, 0.6) is 5.75 Å². The summed E-state index contributed by atoms with van der Waals surface area (Å²) >= 11 is 0. The van der Waals surface area contributed by atoms with Gasteiger partial charge < -0.3 is 9.72 Å². The van der Waals surface area contributed by atoms with Gasteiger partial charge in [0.15, 0.2) is 0 Å². The molecule has 4 rings (SSSR count). The lowest BCUT2D eigenvalue weighted by Crippen LogP contribution is -2.40. The first-order chi connectivity index (χ1) is 11.7. The first kappa shape index (κ1) is 14.3. The smallest absolute Gasteiger partial charge is 0.344 e. The summed E-state index contributed by atoms with van der Waals surface area (Å²) in [7, 11) is 1.59. The van der Waals surface area contributed by atoms with Crippen LogP contribution in [0.15, 0.2) is 47.3 Å². The molecule has 0 bridgehead atoms. The Bertz CT molecular complexity index is 1170. The molecule has 4 N–H and O–H groups in total. The average Bonchev–Trinajstić information content (AvgIpc) is 2.99. The number of H-pyrrole nitrogens is 1. The van der Waals surface area contributed by atoms with Crippen molar-refractivity contribution in [2.75, 3.05) is 7.11 Å². The number of amides is 1. The Morgan fingerprint density at radius 2 is 1.92 bits per heavy atom. The van der Waals surface area contributed by atoms with Crippen LogP contribution in [0.1, 0.15) is 0 Å². The van der Waals surface area contributed by atoms with Gasteiger partial charge in [0.2, 0.25) is 0 Å². The highest BCUT2D eigenvalue weighted by atomic mass is 16.5. The van der Waals surface area contributed by atoms with Gasteiger partial charge in [-0.05, 0) is 29.7 Å². The maximum absolute atomic E-state index is 12.7. The van der Waals surface area contributed by atoms with Gasteiger partial charge in [-0.2, -0.15) is 0 Å². The number of aromatic amines is 1. The Morgan fingerprint density at radius 3 is 2.62 bits per heavy atom. The Balaban J connectivity index is 2.32. The summed E-state index contributed by atoms with van der Waals surface area (Å²) in [5.41, 5.74) is 2.78. The fraction of sp³-hybridized carbons (Fsp3) is 0.0588. The highest BCUT2D eigenvalue weighted by Crippen LogP contribution is 2.32. The first-order valence-electron chi connectivity index (χ1n) is 7.30. The summed E-state index contributed by atoms with van der Waals surface area (Å²) in [5, 5.41) is 2.83. The van der Waals surface area contributed by atoms with Crippen molar-refractivity contribution in [3.05, 3.63) is 52.8 Å². The standard InChI is InChI=1S/C17H14N4O3/c1-24-9-6-7-13-12(8-9)14-10-4-2-3-5-11(10)16(22)21(15(14)19-13)17(23)20-18/h2-8,19H,18H2,1H3,(H,20,23). The minimum Gasteiger partial charge on any atom is -0.497 e. The van der Waals surface area contributed by atoms with E-state index in [1.54, 1.807) is 19.2 Å². The lowest BCUT2D eigenvalue weighted by molar-refractivity contribution is 0.243. The van der Waals surface area contributed by atoms with E-state index in [1.165, 1.54) is 0 Å². The largest absolute Gasteiger partial charge is 0.497 e. The van der Waals surface area contributed by atoms with Crippen LogP contribution in [-0.4, -0.2) is 22.7 Å². The van der Waals surface area contributed by atoms with E-state index in [-0.39, 0.29) is 0 Å². The van der Waals surface area contributed by atoms with Gasteiger partial charge in [0.05, 0.1) is 7.11 Å². The second-order valence-corrected chi connectivity index (χ2v) is 5.40. The second-order valence-electron chi connectivity index (χ2n) is 5.40. The summed E-state index contributed by atoms with van der Waals surface area (Å²) in [5.74, 6) is 5.94. The zero-order valence-corrected chi connectivity index (χ0v) is 12.8. The molecule has 24 heavy (non-hydrogen) atoms. The van der Waals surface area contributed by atoms with Crippen LogP contribution in [0, 0.1) is 0 Å². The monoisotopic (exact) mass is 322 g/mol. The summed E-state index contributed by atoms with van der Waals surface area (Å²) in [6.45, 7) is 0. The molecular weight excluding hydrogens is 308 g/mol. The fourth-order valence-corrected chi connectivity index (χ4v) is 3.09. The van der Waals surface area contributed by atoms with Gasteiger partial charge in [-0.15, -0.1) is 0 Å². The molecule has 2 aromatic carbocycles. The highest BCUT2D eigenvalue weighted by molar-refractivity contribution is 6.20. The van der Waals surface area contributed by atoms with E-state index in [0.717, 1.165) is 26.2 Å². The maximum atomic E-state index is 12.7. The Hall–Kier alpha value is -3.32. The minimum atomic E-state index is -0.700. The number of aromatic nitrogens is 2. The predicted molar refractivity (Wildman–Crippen MR) is 92.2 cm³/mol. The number of nitrogens with one attached hydrogen (secondary N) is 2. The molecule has 0 fully saturated rings. The van der Waals surface area contributed by atoms with E-state index in [2.05, 4.69) is 4.98 Å². The molecule has 7 nitrogen and oxygen atoms in total. The number of hydrazine groups is 1. The molecule has 0 atom stereocenters. The summed E-state index contributed by atoms with van der Waals surface area (Å²) in [4.78, 5) is 28.1. The van der Waals surface area contributed by atoms with Crippen LogP contribution in [0.25, 0.3) is 32.7 Å². The summed E-state index contributed by atoms with van der Waals surface area (Å²) < 4.78 is 6.31. The number of methoxy groups -OCH3 is 1. The molecule has 2 heterocycles. The third-order valence-corrected chi connectivity index (χ3v) is 4.17. The number of nitrogens with zero attached hydrogens (tertiary/aromatic N) is 1. The van der Waals surface area contributed by atoms with E-state index < -0.39 is 11.6 Å². The van der Waals surface area contributed by atoms with Crippen molar-refractivity contribution >= 4 is 38.7 Å². The van der Waals surface area contributed by atoms with Gasteiger partial charge in [0.25, 0.3) is 5.56 Å². The number of carbonyl (C=O) groups is 1. The molecule has 7 heteroatoms. The maximum Gasteiger partial charge on any atom is 0.344 e. The SMILES string of the molecule is COc1ccc2[nH]c3c(c2c1)c1ccccc1c(=O)n3C(=O)NN. The van der Waals surface area contributed by atoms with Gasteiger partial charge >= 0.3 is 6.03 Å². The number of rotatable bonds is 1. The van der Waals surface area contributed by atoms with Gasteiger partial charge in [-0.25, -0.2) is 15.2 Å². The van der Waals surface area contributed by atoms with Crippen LogP contribution in [0.4, 0.5) is 4.79 Å². The van der Waals surface area contributed by atoms with Crippen LogP contribution >= 0.6 is 0 Å². The third-order valence-electron chi connectivity index (χ3n) is 4.17. The lowest BCUT2D eigenvalue weighted by Gasteiger charge is -2.08. The van der Waals surface area contributed by atoms with Gasteiger partial charge in [-0.1, -0.05) is 18.2 Å². The molecule has 0 saturated carbocycles. The fourth-order valence-electron chi connectivity index (χ4n) is 3.09. The second kappa shape index (κ2) is 5.10. The van der Waals surface area contributed by atoms with E-state index in [0.29, 0.717) is 16.8 Å². The first-order valence-corrected chi connectivity index (χ1v) is 7.30. The van der Waals surface area contributed by atoms with E-state index in [9.17, 15) is 9.59 Å². The molecule has 0 radical (unpaired) electrons. The van der Waals surface area contributed by atoms with E-state index in [4.69, 9.17) is 10.6 Å². The number of pyridine rings is 1. The molecular formula is C17H14N4O3. The summed E-state index contributed by atoms with van der Waals surface area (Å²) in [6, 6.07) is 12.0. The van der Waals surface area contributed by atoms with Gasteiger partial charge in [0, 0.05) is 21.7 Å². The van der Waals surface area contributed by atoms with Crippen LogP contribution in [0.3, 0.4) is 0 Å². The molecule has 0 unspecified atom stereocenters. The van der Waals surface area contributed by atoms with Crippen molar-refractivity contribution in [3.8, 4) is 5.75 Å². The van der Waals surface area contributed by atoms with Crippen molar-refractivity contribution in [1.29, 1.82) is 0 Å². The Morgan fingerprint density at radius 1 is 1.17 bits per heavy atom. The van der Waals surface area contributed by atoms with Crippen molar-refractivity contribution in [2.24, 2.45) is 5.84 Å². The Labute approximate surface area is 135 Å². The van der Waals surface area contributed by atoms with E-state index in [1.807, 2.05) is 35.8 Å². The third kappa shape index (κ3) is 1.82. The van der Waals surface area contributed by atoms with Crippen LogP contribution in [-0.2, 0) is 0 Å². The molecule has 0 aliphatic heterocycles. The Kier molecular flexibility index (Phi) is 3.04. The predicted octanol–water partition coefficient (Wildman–Crippen LogP) is 2.08. The molecule has 0 aliphatic carbocycles. The van der Waals surface area contributed by atoms with Gasteiger partial charge in [-0.3, -0.25) is 10.2 Å². The molecule has 0 aliphatic rings. The molecule has 2 aromatic heterocycles. The zero-order valence-electron chi connectivity index (χ0n) is 12.8. The highest BCUT2D eigenvalue weighted by Gasteiger charge is 2.19. The normalized spacial score (nSPS) is 11.2. The molecule has 0 saturated heterocycles. The van der Waals surface area contributed by atoms with Crippen molar-refractivity contribution < 1.29 is 9.53 Å². The number of nitrogen functional groups attached to an aromatic ring is 1. The molecule has 1 amide bonds. The van der Waals surface area contributed by atoms with Crippen molar-refractivity contribution in [1.82, 2.24) is 15.0 Å². The topological polar surface area (TPSA) is 102 Å². The van der Waals surface area contributed by atoms with Gasteiger partial charge in [0.1, 0.15) is 11.4 Å². The number of nitrogens with two attached hydrogens (primary N) is 1. The lowest BCUT2D eigenvalue weighted by atomic mass is 10.1.